The lowest BCUT2D eigenvalue weighted by molar-refractivity contribution is -0.161. The van der Waals surface area contributed by atoms with Gasteiger partial charge in [0, 0.05) is 0 Å². The van der Waals surface area contributed by atoms with Gasteiger partial charge in [0.2, 0.25) is 0 Å². The summed E-state index contributed by atoms with van der Waals surface area (Å²) in [6.07, 6.45) is 7.39. The number of rotatable bonds is 10. The molecule has 1 aliphatic rings. The van der Waals surface area contributed by atoms with Crippen LogP contribution in [0.5, 0.6) is 0 Å². The Morgan fingerprint density at radius 1 is 0.920 bits per heavy atom. The van der Waals surface area contributed by atoms with Crippen LogP contribution < -0.4 is 0 Å². The summed E-state index contributed by atoms with van der Waals surface area (Å²) in [6, 6.07) is 0. The van der Waals surface area contributed by atoms with Crippen LogP contribution in [0, 0.1) is 23.7 Å². The molecule has 0 aliphatic heterocycles. The Hall–Kier alpha value is -1.06. The molecule has 0 aromatic heterocycles. The molecular weight excluding hydrogens is 316 g/mol. The van der Waals surface area contributed by atoms with E-state index in [0.29, 0.717) is 18.4 Å². The molecule has 0 radical (unpaired) electrons. The molecule has 1 rings (SSSR count). The van der Waals surface area contributed by atoms with Crippen molar-refractivity contribution in [1.29, 1.82) is 0 Å². The molecule has 4 nitrogen and oxygen atoms in total. The standard InChI is InChI=1S/C21H38O4/c1-6-7-8-9-19(16(4)5)25-21(23)18-12-10-17(11-13-18)20(22)24-14-15(2)3/h15-19H,6-14H2,1-5H3. The largest absolute Gasteiger partial charge is 0.465 e. The van der Waals surface area contributed by atoms with Crippen LogP contribution in [0.2, 0.25) is 0 Å². The number of hydrogen-bond donors (Lipinski definition) is 0. The zero-order valence-corrected chi connectivity index (χ0v) is 16.9. The smallest absolute Gasteiger partial charge is 0.309 e. The molecule has 1 saturated carbocycles. The van der Waals surface area contributed by atoms with Crippen LogP contribution >= 0.6 is 0 Å². The molecule has 0 amide bonds. The molecule has 0 spiro atoms. The minimum atomic E-state index is -0.0971. The fourth-order valence-electron chi connectivity index (χ4n) is 3.30. The number of esters is 2. The third-order valence-electron chi connectivity index (χ3n) is 5.06. The molecule has 0 aromatic carbocycles. The van der Waals surface area contributed by atoms with E-state index < -0.39 is 0 Å². The Morgan fingerprint density at radius 3 is 1.96 bits per heavy atom. The van der Waals surface area contributed by atoms with Crippen LogP contribution in [-0.2, 0) is 19.1 Å². The zero-order valence-electron chi connectivity index (χ0n) is 16.9. The number of hydrogen-bond acceptors (Lipinski definition) is 4. The fourth-order valence-corrected chi connectivity index (χ4v) is 3.30. The minimum absolute atomic E-state index is 0.0211. The average Bonchev–Trinajstić information content (AvgIpc) is 2.58. The van der Waals surface area contributed by atoms with Crippen molar-refractivity contribution in [2.45, 2.75) is 92.1 Å². The van der Waals surface area contributed by atoms with E-state index in [-0.39, 0.29) is 29.9 Å². The highest BCUT2D eigenvalue weighted by Crippen LogP contribution is 2.31. The summed E-state index contributed by atoms with van der Waals surface area (Å²) in [5, 5.41) is 0. The van der Waals surface area contributed by atoms with Crippen LogP contribution in [0.25, 0.3) is 0 Å². The van der Waals surface area contributed by atoms with Gasteiger partial charge in [0.15, 0.2) is 0 Å². The molecule has 146 valence electrons. The molecule has 4 heteroatoms. The van der Waals surface area contributed by atoms with E-state index in [1.165, 1.54) is 12.8 Å². The molecule has 0 saturated heterocycles. The molecule has 0 aromatic rings. The Balaban J connectivity index is 2.39. The van der Waals surface area contributed by atoms with Crippen LogP contribution in [0.1, 0.15) is 86.0 Å². The Bertz CT molecular complexity index is 395. The van der Waals surface area contributed by atoms with Crippen molar-refractivity contribution in [2.75, 3.05) is 6.61 Å². The van der Waals surface area contributed by atoms with Crippen molar-refractivity contribution in [3.8, 4) is 0 Å². The number of unbranched alkanes of at least 4 members (excludes halogenated alkanes) is 2. The predicted octanol–water partition coefficient (Wildman–Crippen LogP) is 5.14. The first-order chi connectivity index (χ1) is 11.8. The van der Waals surface area contributed by atoms with Gasteiger partial charge in [-0.15, -0.1) is 0 Å². The summed E-state index contributed by atoms with van der Waals surface area (Å²) >= 11 is 0. The molecule has 1 atom stereocenters. The van der Waals surface area contributed by atoms with Gasteiger partial charge in [-0.2, -0.15) is 0 Å². The van der Waals surface area contributed by atoms with Gasteiger partial charge in [-0.25, -0.2) is 0 Å². The van der Waals surface area contributed by atoms with Crippen molar-refractivity contribution in [2.24, 2.45) is 23.7 Å². The second kappa shape index (κ2) is 11.5. The van der Waals surface area contributed by atoms with Gasteiger partial charge in [0.05, 0.1) is 18.4 Å². The van der Waals surface area contributed by atoms with Crippen LogP contribution in [-0.4, -0.2) is 24.6 Å². The Labute approximate surface area is 154 Å². The topological polar surface area (TPSA) is 52.6 Å². The lowest BCUT2D eigenvalue weighted by Crippen LogP contribution is -2.32. The predicted molar refractivity (Wildman–Crippen MR) is 100 cm³/mol. The molecule has 0 heterocycles. The highest BCUT2D eigenvalue weighted by molar-refractivity contribution is 5.75. The summed E-state index contributed by atoms with van der Waals surface area (Å²) in [4.78, 5) is 24.6. The van der Waals surface area contributed by atoms with Crippen molar-refractivity contribution in [1.82, 2.24) is 0 Å². The van der Waals surface area contributed by atoms with E-state index in [4.69, 9.17) is 9.47 Å². The second-order valence-corrected chi connectivity index (χ2v) is 8.29. The lowest BCUT2D eigenvalue weighted by atomic mass is 9.82. The number of carbonyl (C=O) groups excluding carboxylic acids is 2. The van der Waals surface area contributed by atoms with Gasteiger partial charge in [-0.3, -0.25) is 9.59 Å². The Kier molecular flexibility index (Phi) is 10.1. The summed E-state index contributed by atoms with van der Waals surface area (Å²) in [5.74, 6) is 0.443. The highest BCUT2D eigenvalue weighted by atomic mass is 16.5. The Morgan fingerprint density at radius 2 is 1.48 bits per heavy atom. The maximum Gasteiger partial charge on any atom is 0.309 e. The van der Waals surface area contributed by atoms with Gasteiger partial charge >= 0.3 is 11.9 Å². The maximum absolute atomic E-state index is 12.5. The average molecular weight is 355 g/mol. The first-order valence-electron chi connectivity index (χ1n) is 10.2. The summed E-state index contributed by atoms with van der Waals surface area (Å²) < 4.78 is 11.2. The van der Waals surface area contributed by atoms with Crippen LogP contribution in [0.15, 0.2) is 0 Å². The molecule has 25 heavy (non-hydrogen) atoms. The first kappa shape index (κ1) is 22.0. The first-order valence-corrected chi connectivity index (χ1v) is 10.2. The third kappa shape index (κ3) is 8.24. The molecule has 0 bridgehead atoms. The van der Waals surface area contributed by atoms with Crippen molar-refractivity contribution < 1.29 is 19.1 Å². The van der Waals surface area contributed by atoms with Gasteiger partial charge < -0.3 is 9.47 Å². The normalized spacial score (nSPS) is 22.0. The van der Waals surface area contributed by atoms with Crippen LogP contribution in [0.3, 0.4) is 0 Å². The van der Waals surface area contributed by atoms with E-state index in [0.717, 1.165) is 38.5 Å². The second-order valence-electron chi connectivity index (χ2n) is 8.29. The minimum Gasteiger partial charge on any atom is -0.465 e. The maximum atomic E-state index is 12.5. The molecule has 1 unspecified atom stereocenters. The monoisotopic (exact) mass is 354 g/mol. The molecule has 1 fully saturated rings. The van der Waals surface area contributed by atoms with Gasteiger partial charge in [0.25, 0.3) is 0 Å². The lowest BCUT2D eigenvalue weighted by Gasteiger charge is -2.29. The summed E-state index contributed by atoms with van der Waals surface area (Å²) in [6.45, 7) is 11.0. The van der Waals surface area contributed by atoms with E-state index in [1.807, 2.05) is 13.8 Å². The van der Waals surface area contributed by atoms with Gasteiger partial charge in [-0.1, -0.05) is 47.5 Å². The zero-order chi connectivity index (χ0) is 18.8. The van der Waals surface area contributed by atoms with Gasteiger partial charge in [0.1, 0.15) is 6.10 Å². The number of ether oxygens (including phenoxy) is 2. The van der Waals surface area contributed by atoms with Gasteiger partial charge in [-0.05, 0) is 50.4 Å². The van der Waals surface area contributed by atoms with E-state index >= 15 is 0 Å². The van der Waals surface area contributed by atoms with E-state index in [9.17, 15) is 9.59 Å². The SMILES string of the molecule is CCCCCC(OC(=O)C1CCC(C(=O)OCC(C)C)CC1)C(C)C. The van der Waals surface area contributed by atoms with E-state index in [2.05, 4.69) is 20.8 Å². The highest BCUT2D eigenvalue weighted by Gasteiger charge is 2.33. The fraction of sp³-hybridized carbons (Fsp3) is 0.905. The third-order valence-corrected chi connectivity index (χ3v) is 5.06. The number of carbonyl (C=O) groups is 2. The van der Waals surface area contributed by atoms with Crippen molar-refractivity contribution in [3.63, 3.8) is 0 Å². The van der Waals surface area contributed by atoms with E-state index in [1.54, 1.807) is 0 Å². The summed E-state index contributed by atoms with van der Waals surface area (Å²) in [7, 11) is 0. The molecule has 1 aliphatic carbocycles. The summed E-state index contributed by atoms with van der Waals surface area (Å²) in [5.41, 5.74) is 0. The molecular formula is C21H38O4. The van der Waals surface area contributed by atoms with Crippen molar-refractivity contribution >= 4 is 11.9 Å². The van der Waals surface area contributed by atoms with Crippen LogP contribution in [0.4, 0.5) is 0 Å². The van der Waals surface area contributed by atoms with Crippen molar-refractivity contribution in [3.05, 3.63) is 0 Å². The molecule has 0 N–H and O–H groups in total. The quantitative estimate of drug-likeness (QED) is 0.402.